The minimum absolute atomic E-state index is 0.840. The van der Waals surface area contributed by atoms with Gasteiger partial charge in [0.05, 0.1) is 6.54 Å². The molecule has 19 heavy (non-hydrogen) atoms. The van der Waals surface area contributed by atoms with Gasteiger partial charge in [0, 0.05) is 29.5 Å². The molecule has 0 bridgehead atoms. The van der Waals surface area contributed by atoms with Crippen LogP contribution in [-0.2, 0) is 19.4 Å². The van der Waals surface area contributed by atoms with Gasteiger partial charge in [-0.05, 0) is 24.3 Å². The summed E-state index contributed by atoms with van der Waals surface area (Å²) in [7, 11) is 0. The predicted molar refractivity (Wildman–Crippen MR) is 81.4 cm³/mol. The quantitative estimate of drug-likeness (QED) is 0.887. The van der Waals surface area contributed by atoms with Crippen LogP contribution in [0.25, 0.3) is 0 Å². The Morgan fingerprint density at radius 1 is 1.16 bits per heavy atom. The van der Waals surface area contributed by atoms with E-state index in [1.165, 1.54) is 0 Å². The normalized spacial score (nSPS) is 10.7. The molecule has 1 heterocycles. The highest BCUT2D eigenvalue weighted by molar-refractivity contribution is 9.10. The van der Waals surface area contributed by atoms with E-state index in [2.05, 4.69) is 57.3 Å². The molecule has 1 N–H and O–H groups in total. The van der Waals surface area contributed by atoms with Crippen LogP contribution >= 0.6 is 15.9 Å². The number of rotatable bonds is 6. The van der Waals surface area contributed by atoms with Crippen molar-refractivity contribution in [1.29, 1.82) is 0 Å². The second-order valence-corrected chi connectivity index (χ2v) is 5.22. The fraction of sp³-hybridized carbons (Fsp3) is 0.429. The van der Waals surface area contributed by atoms with Crippen molar-refractivity contribution in [3.8, 4) is 0 Å². The highest BCUT2D eigenvalue weighted by Crippen LogP contribution is 2.13. The predicted octanol–water partition coefficient (Wildman–Crippen LogP) is 3.28. The van der Waals surface area contributed by atoms with Gasteiger partial charge in [-0.2, -0.15) is 5.10 Å². The lowest BCUT2D eigenvalue weighted by Gasteiger charge is -2.07. The number of halogens is 1. The van der Waals surface area contributed by atoms with Gasteiger partial charge in [0.2, 0.25) is 0 Å². The average Bonchev–Trinajstić information content (AvgIpc) is 2.83. The zero-order valence-corrected chi connectivity index (χ0v) is 12.9. The number of aryl methyl sites for hydroxylation is 2. The number of nitrogens with one attached hydrogen (secondary N) is 1. The monoisotopic (exact) mass is 322 g/mol. The van der Waals surface area contributed by atoms with Gasteiger partial charge < -0.3 is 5.32 Å². The Morgan fingerprint density at radius 2 is 1.89 bits per heavy atom. The molecular weight excluding hydrogens is 304 g/mol. The molecule has 0 aliphatic heterocycles. The number of nitrogens with zero attached hydrogens (tertiary/aromatic N) is 3. The smallest absolute Gasteiger partial charge is 0.150 e. The molecule has 4 nitrogen and oxygen atoms in total. The number of aromatic nitrogens is 3. The first-order valence-electron chi connectivity index (χ1n) is 6.65. The number of anilines is 1. The van der Waals surface area contributed by atoms with Crippen molar-refractivity contribution in [2.75, 3.05) is 11.9 Å². The summed E-state index contributed by atoms with van der Waals surface area (Å²) in [6, 6.07) is 8.18. The van der Waals surface area contributed by atoms with Crippen LogP contribution in [0.4, 0.5) is 5.69 Å². The molecule has 0 atom stereocenters. The zero-order valence-electron chi connectivity index (χ0n) is 11.4. The van der Waals surface area contributed by atoms with Crippen LogP contribution < -0.4 is 5.32 Å². The number of hydrogen-bond acceptors (Lipinski definition) is 3. The van der Waals surface area contributed by atoms with Crippen LogP contribution in [-0.4, -0.2) is 21.3 Å². The van der Waals surface area contributed by atoms with Gasteiger partial charge in [-0.25, -0.2) is 9.67 Å². The molecule has 1 aromatic heterocycles. The van der Waals surface area contributed by atoms with Crippen LogP contribution in [0.5, 0.6) is 0 Å². The Bertz CT molecular complexity index is 519. The first kappa shape index (κ1) is 14.1. The maximum atomic E-state index is 4.50. The first-order chi connectivity index (χ1) is 9.22. The van der Waals surface area contributed by atoms with Crippen LogP contribution in [0.1, 0.15) is 25.5 Å². The van der Waals surface area contributed by atoms with E-state index in [1.54, 1.807) is 0 Å². The largest absolute Gasteiger partial charge is 0.383 e. The molecule has 2 aromatic rings. The third-order valence-corrected chi connectivity index (χ3v) is 3.45. The van der Waals surface area contributed by atoms with E-state index in [0.717, 1.165) is 47.7 Å². The summed E-state index contributed by atoms with van der Waals surface area (Å²) in [5.74, 6) is 2.00. The van der Waals surface area contributed by atoms with E-state index in [1.807, 2.05) is 16.8 Å². The fourth-order valence-corrected chi connectivity index (χ4v) is 2.15. The summed E-state index contributed by atoms with van der Waals surface area (Å²) < 4.78 is 3.10. The van der Waals surface area contributed by atoms with Crippen molar-refractivity contribution in [1.82, 2.24) is 14.8 Å². The third kappa shape index (κ3) is 3.80. The van der Waals surface area contributed by atoms with Gasteiger partial charge in [-0.1, -0.05) is 29.8 Å². The van der Waals surface area contributed by atoms with Gasteiger partial charge in [0.15, 0.2) is 5.82 Å². The average molecular weight is 323 g/mol. The van der Waals surface area contributed by atoms with Crippen molar-refractivity contribution in [2.24, 2.45) is 0 Å². The molecule has 0 spiro atoms. The third-order valence-electron chi connectivity index (χ3n) is 2.92. The van der Waals surface area contributed by atoms with Crippen LogP contribution in [0, 0.1) is 0 Å². The van der Waals surface area contributed by atoms with Gasteiger partial charge in [-0.15, -0.1) is 0 Å². The summed E-state index contributed by atoms with van der Waals surface area (Å²) >= 11 is 3.43. The molecule has 2 rings (SSSR count). The number of hydrogen-bond donors (Lipinski definition) is 1. The lowest BCUT2D eigenvalue weighted by Crippen LogP contribution is -2.14. The molecule has 0 saturated carbocycles. The van der Waals surface area contributed by atoms with Crippen molar-refractivity contribution in [3.63, 3.8) is 0 Å². The van der Waals surface area contributed by atoms with E-state index >= 15 is 0 Å². The lowest BCUT2D eigenvalue weighted by atomic mass is 10.3. The molecule has 0 amide bonds. The number of benzene rings is 1. The van der Waals surface area contributed by atoms with Crippen molar-refractivity contribution >= 4 is 21.6 Å². The highest BCUT2D eigenvalue weighted by atomic mass is 79.9. The van der Waals surface area contributed by atoms with Gasteiger partial charge in [0.25, 0.3) is 0 Å². The minimum Gasteiger partial charge on any atom is -0.383 e. The summed E-state index contributed by atoms with van der Waals surface area (Å²) in [5.41, 5.74) is 1.12. The summed E-state index contributed by atoms with van der Waals surface area (Å²) in [6.45, 7) is 5.88. The first-order valence-corrected chi connectivity index (χ1v) is 7.44. The Labute approximate surface area is 122 Å². The molecule has 0 saturated heterocycles. The second kappa shape index (κ2) is 6.70. The van der Waals surface area contributed by atoms with E-state index in [0.29, 0.717) is 0 Å². The topological polar surface area (TPSA) is 42.7 Å². The second-order valence-electron chi connectivity index (χ2n) is 4.31. The van der Waals surface area contributed by atoms with Crippen molar-refractivity contribution < 1.29 is 0 Å². The van der Waals surface area contributed by atoms with Crippen molar-refractivity contribution in [3.05, 3.63) is 40.4 Å². The van der Waals surface area contributed by atoms with E-state index in [4.69, 9.17) is 0 Å². The standard InChI is InChI=1S/C14H19BrN4/c1-3-13-17-14(4-2)19(18-13)10-9-16-12-7-5-11(15)6-8-12/h5-8,16H,3-4,9-10H2,1-2H3. The Morgan fingerprint density at radius 3 is 2.53 bits per heavy atom. The molecule has 5 heteroatoms. The maximum Gasteiger partial charge on any atom is 0.150 e. The molecule has 0 aliphatic rings. The van der Waals surface area contributed by atoms with Crippen molar-refractivity contribution in [2.45, 2.75) is 33.2 Å². The highest BCUT2D eigenvalue weighted by Gasteiger charge is 2.06. The summed E-state index contributed by atoms with van der Waals surface area (Å²) in [5, 5.41) is 7.89. The van der Waals surface area contributed by atoms with E-state index in [9.17, 15) is 0 Å². The van der Waals surface area contributed by atoms with Crippen LogP contribution in [0.3, 0.4) is 0 Å². The molecule has 0 aliphatic carbocycles. The van der Waals surface area contributed by atoms with Gasteiger partial charge in [0.1, 0.15) is 5.82 Å². The molecule has 102 valence electrons. The van der Waals surface area contributed by atoms with Crippen LogP contribution in [0.2, 0.25) is 0 Å². The molecule has 0 fully saturated rings. The van der Waals surface area contributed by atoms with E-state index < -0.39 is 0 Å². The molecule has 0 radical (unpaired) electrons. The zero-order chi connectivity index (χ0) is 13.7. The lowest BCUT2D eigenvalue weighted by molar-refractivity contribution is 0.597. The summed E-state index contributed by atoms with van der Waals surface area (Å²) in [4.78, 5) is 4.50. The Hall–Kier alpha value is -1.36. The summed E-state index contributed by atoms with van der Waals surface area (Å²) in [6.07, 6.45) is 1.81. The minimum atomic E-state index is 0.840. The van der Waals surface area contributed by atoms with Crippen LogP contribution in [0.15, 0.2) is 28.7 Å². The fourth-order valence-electron chi connectivity index (χ4n) is 1.89. The SMILES string of the molecule is CCc1nc(CC)n(CCNc2ccc(Br)cc2)n1. The van der Waals surface area contributed by atoms with Gasteiger partial charge >= 0.3 is 0 Å². The Balaban J connectivity index is 1.91. The molecular formula is C14H19BrN4. The maximum absolute atomic E-state index is 4.50. The molecule has 0 unspecified atom stereocenters. The Kier molecular flexibility index (Phi) is 4.96. The molecule has 1 aromatic carbocycles. The van der Waals surface area contributed by atoms with Gasteiger partial charge in [-0.3, -0.25) is 0 Å². The van der Waals surface area contributed by atoms with E-state index in [-0.39, 0.29) is 0 Å².